The largest absolute Gasteiger partial charge is 0.481 e. The van der Waals surface area contributed by atoms with Gasteiger partial charge < -0.3 is 19.7 Å². The summed E-state index contributed by atoms with van der Waals surface area (Å²) in [6, 6.07) is 0. The van der Waals surface area contributed by atoms with Crippen molar-refractivity contribution in [3.63, 3.8) is 0 Å². The maximum absolute atomic E-state index is 11.6. The number of hydrogen-bond acceptors (Lipinski definition) is 5. The fourth-order valence-corrected chi connectivity index (χ4v) is 5.17. The summed E-state index contributed by atoms with van der Waals surface area (Å²) in [5, 5.41) is 16.4. The number of carboxylic acid groups (broad SMARTS) is 1. The molecule has 2 heterocycles. The van der Waals surface area contributed by atoms with Gasteiger partial charge >= 0.3 is 5.97 Å². The van der Waals surface area contributed by atoms with Gasteiger partial charge in [0, 0.05) is 13.3 Å². The molecule has 6 heteroatoms. The van der Waals surface area contributed by atoms with Crippen molar-refractivity contribution in [2.45, 2.75) is 77.6 Å². The third-order valence-electron chi connectivity index (χ3n) is 6.55. The van der Waals surface area contributed by atoms with Gasteiger partial charge in [-0.2, -0.15) is 0 Å². The molecule has 2 saturated heterocycles. The molecule has 2 aliphatic heterocycles. The number of aliphatic hydroxyl groups is 1. The first-order chi connectivity index (χ1) is 11.6. The third-order valence-corrected chi connectivity index (χ3v) is 6.55. The van der Waals surface area contributed by atoms with E-state index in [1.165, 1.54) is 6.42 Å². The van der Waals surface area contributed by atoms with Crippen molar-refractivity contribution in [3.05, 3.63) is 0 Å². The number of carbonyl (C=O) groups excluding carboxylic acids is 1. The second-order valence-electron chi connectivity index (χ2n) is 8.39. The van der Waals surface area contributed by atoms with Crippen molar-refractivity contribution in [2.75, 3.05) is 6.61 Å². The number of carboxylic acids is 1. The summed E-state index contributed by atoms with van der Waals surface area (Å²) in [4.78, 5) is 20.6. The van der Waals surface area contributed by atoms with Gasteiger partial charge in [0.1, 0.15) is 18.3 Å². The zero-order valence-electron chi connectivity index (χ0n) is 15.9. The molecular weight excluding hydrogens is 324 g/mol. The van der Waals surface area contributed by atoms with E-state index in [1.807, 2.05) is 0 Å². The molecule has 2 bridgehead atoms. The van der Waals surface area contributed by atoms with Crippen LogP contribution in [0.5, 0.6) is 0 Å². The standard InChI is InChI=1S/C17H28O4.C2H4O2/c1-10(2)17-7-12-11(3)5-6-13(12)16(4,21-17)14(8-17)20-15(19)9-18;1-2(3)4/h10-14,18H,5-9H2,1-4H3;1H3,(H,3,4)/t11?,12?,13-,14?,16?,17?;/m1./s1. The summed E-state index contributed by atoms with van der Waals surface area (Å²) in [6.07, 6.45) is 4.03. The molecule has 5 unspecified atom stereocenters. The zero-order chi connectivity index (χ0) is 19.0. The summed E-state index contributed by atoms with van der Waals surface area (Å²) in [7, 11) is 0. The van der Waals surface area contributed by atoms with Crippen LogP contribution in [-0.2, 0) is 19.1 Å². The van der Waals surface area contributed by atoms with Gasteiger partial charge in [0.2, 0.25) is 0 Å². The second kappa shape index (κ2) is 7.23. The van der Waals surface area contributed by atoms with Gasteiger partial charge in [-0.1, -0.05) is 27.2 Å². The van der Waals surface area contributed by atoms with Crippen LogP contribution in [0.15, 0.2) is 0 Å². The van der Waals surface area contributed by atoms with Gasteiger partial charge in [-0.15, -0.1) is 0 Å². The van der Waals surface area contributed by atoms with Crippen molar-refractivity contribution >= 4 is 11.9 Å². The molecule has 25 heavy (non-hydrogen) atoms. The number of hydrogen-bond donors (Lipinski definition) is 2. The molecule has 0 aromatic rings. The monoisotopic (exact) mass is 356 g/mol. The Morgan fingerprint density at radius 1 is 1.28 bits per heavy atom. The average molecular weight is 356 g/mol. The number of aliphatic carboxylic acids is 1. The molecular formula is C19H32O6. The number of esters is 1. The molecule has 1 saturated carbocycles. The molecule has 0 aromatic carbocycles. The fraction of sp³-hybridized carbons (Fsp3) is 0.895. The Hall–Kier alpha value is -1.14. The predicted molar refractivity (Wildman–Crippen MR) is 91.9 cm³/mol. The SMILES string of the molecule is CC(=O)O.CC1CC[C@@H]2C1CC1(C(C)C)CC(OC(=O)CO)C2(C)O1. The van der Waals surface area contributed by atoms with E-state index in [4.69, 9.17) is 24.5 Å². The molecule has 0 amide bonds. The average Bonchev–Trinajstić information content (AvgIpc) is 2.98. The number of fused-ring (bicyclic) bond motifs is 4. The first kappa shape index (κ1) is 20.2. The maximum atomic E-state index is 11.6. The number of aliphatic hydroxyl groups excluding tert-OH is 1. The summed E-state index contributed by atoms with van der Waals surface area (Å²) >= 11 is 0. The van der Waals surface area contributed by atoms with Crippen LogP contribution in [0.1, 0.15) is 60.3 Å². The minimum Gasteiger partial charge on any atom is -0.481 e. The Bertz CT molecular complexity index is 514. The lowest BCUT2D eigenvalue weighted by atomic mass is 9.72. The molecule has 0 aromatic heterocycles. The summed E-state index contributed by atoms with van der Waals surface area (Å²) in [6.45, 7) is 9.42. The van der Waals surface area contributed by atoms with Crippen molar-refractivity contribution in [2.24, 2.45) is 23.7 Å². The van der Waals surface area contributed by atoms with Crippen LogP contribution in [0.3, 0.4) is 0 Å². The number of rotatable bonds is 3. The van der Waals surface area contributed by atoms with E-state index in [0.717, 1.165) is 32.1 Å². The lowest BCUT2D eigenvalue weighted by molar-refractivity contribution is -0.214. The number of ether oxygens (including phenoxy) is 2. The Morgan fingerprint density at radius 2 is 1.88 bits per heavy atom. The van der Waals surface area contributed by atoms with Crippen molar-refractivity contribution in [3.8, 4) is 0 Å². The summed E-state index contributed by atoms with van der Waals surface area (Å²) in [5.41, 5.74) is -0.558. The fourth-order valence-electron chi connectivity index (χ4n) is 5.17. The maximum Gasteiger partial charge on any atom is 0.332 e. The molecule has 6 nitrogen and oxygen atoms in total. The van der Waals surface area contributed by atoms with E-state index in [-0.39, 0.29) is 17.3 Å². The smallest absolute Gasteiger partial charge is 0.332 e. The van der Waals surface area contributed by atoms with Crippen LogP contribution in [-0.4, -0.2) is 46.1 Å². The highest BCUT2D eigenvalue weighted by Crippen LogP contribution is 2.62. The van der Waals surface area contributed by atoms with E-state index in [0.29, 0.717) is 17.8 Å². The molecule has 1 aliphatic carbocycles. The summed E-state index contributed by atoms with van der Waals surface area (Å²) < 4.78 is 12.2. The first-order valence-corrected chi connectivity index (χ1v) is 9.25. The first-order valence-electron chi connectivity index (χ1n) is 9.25. The molecule has 3 fully saturated rings. The van der Waals surface area contributed by atoms with E-state index in [1.54, 1.807) is 0 Å². The molecule has 0 radical (unpaired) electrons. The lowest BCUT2D eigenvalue weighted by Crippen LogP contribution is -2.53. The Balaban J connectivity index is 0.000000511. The van der Waals surface area contributed by atoms with E-state index < -0.39 is 18.5 Å². The zero-order valence-corrected chi connectivity index (χ0v) is 15.9. The van der Waals surface area contributed by atoms with Crippen LogP contribution in [0.4, 0.5) is 0 Å². The van der Waals surface area contributed by atoms with Gasteiger partial charge in [-0.3, -0.25) is 4.79 Å². The Kier molecular flexibility index (Phi) is 5.84. The van der Waals surface area contributed by atoms with Crippen LogP contribution in [0.2, 0.25) is 0 Å². The van der Waals surface area contributed by atoms with Crippen molar-refractivity contribution in [1.82, 2.24) is 0 Å². The van der Waals surface area contributed by atoms with Gasteiger partial charge in [0.05, 0.1) is 5.60 Å². The normalized spacial score (nSPS) is 41.7. The molecule has 0 spiro atoms. The van der Waals surface area contributed by atoms with Crippen LogP contribution in [0, 0.1) is 23.7 Å². The Labute approximate surface area is 149 Å². The van der Waals surface area contributed by atoms with Gasteiger partial charge in [0.15, 0.2) is 0 Å². The van der Waals surface area contributed by atoms with Crippen molar-refractivity contribution < 1.29 is 29.3 Å². The topological polar surface area (TPSA) is 93.1 Å². The molecule has 6 atom stereocenters. The van der Waals surface area contributed by atoms with E-state index in [2.05, 4.69) is 27.7 Å². The molecule has 3 aliphatic rings. The van der Waals surface area contributed by atoms with Crippen LogP contribution < -0.4 is 0 Å². The third kappa shape index (κ3) is 3.70. The Morgan fingerprint density at radius 3 is 2.40 bits per heavy atom. The predicted octanol–water partition coefficient (Wildman–Crippen LogP) is 2.62. The van der Waals surface area contributed by atoms with Crippen molar-refractivity contribution in [1.29, 1.82) is 0 Å². The highest BCUT2D eigenvalue weighted by Gasteiger charge is 2.66. The second-order valence-corrected chi connectivity index (χ2v) is 8.39. The highest BCUT2D eigenvalue weighted by molar-refractivity contribution is 5.70. The minimum absolute atomic E-state index is 0.172. The quantitative estimate of drug-likeness (QED) is 0.755. The minimum atomic E-state index is -0.833. The molecule has 2 N–H and O–H groups in total. The number of carbonyl (C=O) groups is 2. The highest BCUT2D eigenvalue weighted by atomic mass is 16.6. The summed E-state index contributed by atoms with van der Waals surface area (Å²) in [5.74, 6) is 0.910. The molecule has 3 rings (SSSR count). The lowest BCUT2D eigenvalue weighted by Gasteiger charge is -2.48. The van der Waals surface area contributed by atoms with Gasteiger partial charge in [-0.25, -0.2) is 4.79 Å². The molecule has 144 valence electrons. The van der Waals surface area contributed by atoms with E-state index in [9.17, 15) is 4.79 Å². The van der Waals surface area contributed by atoms with Crippen LogP contribution >= 0.6 is 0 Å². The van der Waals surface area contributed by atoms with Crippen LogP contribution in [0.25, 0.3) is 0 Å². The van der Waals surface area contributed by atoms with Gasteiger partial charge in [-0.05, 0) is 43.4 Å². The van der Waals surface area contributed by atoms with Gasteiger partial charge in [0.25, 0.3) is 5.97 Å². The van der Waals surface area contributed by atoms with E-state index >= 15 is 0 Å².